The van der Waals surface area contributed by atoms with E-state index < -0.39 is 26.5 Å². The molecule has 0 spiro atoms. The van der Waals surface area contributed by atoms with Crippen molar-refractivity contribution in [2.45, 2.75) is 24.1 Å². The first-order chi connectivity index (χ1) is 11.0. The first-order valence-corrected chi connectivity index (χ1v) is 8.85. The van der Waals surface area contributed by atoms with Gasteiger partial charge in [-0.15, -0.1) is 0 Å². The fraction of sp³-hybridized carbons (Fsp3) is 0.333. The molecule has 1 aliphatic rings. The largest absolute Gasteiger partial charge is 0.328 e. The molecule has 0 amide bonds. The minimum Gasteiger partial charge on any atom is -0.299 e. The summed E-state index contributed by atoms with van der Waals surface area (Å²) in [6, 6.07) is 10.8. The van der Waals surface area contributed by atoms with Crippen LogP contribution in [-0.4, -0.2) is 29.8 Å². The fourth-order valence-electron chi connectivity index (χ4n) is 2.60. The zero-order valence-corrected chi connectivity index (χ0v) is 13.1. The van der Waals surface area contributed by atoms with E-state index in [1.165, 1.54) is 16.8 Å². The number of nitrogens with one attached hydrogen (secondary N) is 2. The van der Waals surface area contributed by atoms with Gasteiger partial charge in [0.2, 0.25) is 10.0 Å². The van der Waals surface area contributed by atoms with Crippen molar-refractivity contribution >= 4 is 10.0 Å². The predicted molar refractivity (Wildman–Crippen MR) is 85.8 cm³/mol. The second kappa shape index (κ2) is 6.13. The van der Waals surface area contributed by atoms with Gasteiger partial charge in [-0.05, 0) is 12.0 Å². The first kappa shape index (κ1) is 15.7. The Morgan fingerprint density at radius 2 is 1.91 bits per heavy atom. The molecule has 23 heavy (non-hydrogen) atoms. The van der Waals surface area contributed by atoms with Crippen LogP contribution in [0.15, 0.2) is 52.2 Å². The first-order valence-electron chi connectivity index (χ1n) is 7.30. The lowest BCUT2D eigenvalue weighted by atomic mass is 10.1. The number of aromatic amines is 1. The monoisotopic (exact) mass is 335 g/mol. The summed E-state index contributed by atoms with van der Waals surface area (Å²) in [7, 11) is -3.41. The molecule has 1 aromatic heterocycles. The Morgan fingerprint density at radius 3 is 2.61 bits per heavy atom. The summed E-state index contributed by atoms with van der Waals surface area (Å²) < 4.78 is 28.3. The van der Waals surface area contributed by atoms with Crippen molar-refractivity contribution in [3.05, 3.63) is 69.0 Å². The summed E-state index contributed by atoms with van der Waals surface area (Å²) in [4.78, 5) is 24.6. The van der Waals surface area contributed by atoms with Crippen LogP contribution >= 0.6 is 0 Å². The molecule has 2 N–H and O–H groups in total. The Labute approximate surface area is 133 Å². The number of aromatic nitrogens is 2. The number of hydrogen-bond donors (Lipinski definition) is 2. The van der Waals surface area contributed by atoms with Gasteiger partial charge in [-0.2, -0.15) is 0 Å². The smallest absolute Gasteiger partial charge is 0.299 e. The third kappa shape index (κ3) is 3.59. The van der Waals surface area contributed by atoms with Crippen molar-refractivity contribution in [2.75, 3.05) is 6.54 Å². The Balaban J connectivity index is 1.58. The third-order valence-corrected chi connectivity index (χ3v) is 5.84. The molecule has 1 heterocycles. The zero-order chi connectivity index (χ0) is 16.4. The maximum atomic E-state index is 12.2. The minimum absolute atomic E-state index is 0.0319. The number of sulfonamides is 1. The molecule has 0 radical (unpaired) electrons. The second-order valence-corrected chi connectivity index (χ2v) is 7.52. The Hall–Kier alpha value is -2.19. The van der Waals surface area contributed by atoms with Crippen LogP contribution in [0.2, 0.25) is 0 Å². The average molecular weight is 335 g/mol. The van der Waals surface area contributed by atoms with E-state index in [1.807, 2.05) is 30.3 Å². The van der Waals surface area contributed by atoms with Gasteiger partial charge in [0, 0.05) is 31.3 Å². The van der Waals surface area contributed by atoms with E-state index in [-0.39, 0.29) is 19.0 Å². The lowest BCUT2D eigenvalue weighted by Crippen LogP contribution is -2.35. The molecule has 2 atom stereocenters. The van der Waals surface area contributed by atoms with Crippen LogP contribution in [0.1, 0.15) is 17.9 Å². The summed E-state index contributed by atoms with van der Waals surface area (Å²) >= 11 is 0. The van der Waals surface area contributed by atoms with Gasteiger partial charge < -0.3 is 0 Å². The van der Waals surface area contributed by atoms with Gasteiger partial charge >= 0.3 is 5.69 Å². The van der Waals surface area contributed by atoms with Crippen molar-refractivity contribution in [2.24, 2.45) is 0 Å². The van der Waals surface area contributed by atoms with Crippen molar-refractivity contribution in [3.63, 3.8) is 0 Å². The van der Waals surface area contributed by atoms with Crippen LogP contribution in [-0.2, 0) is 16.6 Å². The number of nitrogens with zero attached hydrogens (tertiary/aromatic N) is 1. The summed E-state index contributed by atoms with van der Waals surface area (Å²) in [5, 5.41) is -0.419. The van der Waals surface area contributed by atoms with Crippen molar-refractivity contribution < 1.29 is 8.42 Å². The predicted octanol–water partition coefficient (Wildman–Crippen LogP) is 0.0121. The maximum Gasteiger partial charge on any atom is 0.328 e. The number of H-pyrrole nitrogens is 1. The molecule has 0 aliphatic heterocycles. The van der Waals surface area contributed by atoms with Crippen molar-refractivity contribution in [1.29, 1.82) is 0 Å². The highest BCUT2D eigenvalue weighted by molar-refractivity contribution is 7.90. The highest BCUT2D eigenvalue weighted by Crippen LogP contribution is 2.45. The van der Waals surface area contributed by atoms with Gasteiger partial charge in [0.1, 0.15) is 0 Å². The molecule has 1 aliphatic carbocycles. The quantitative estimate of drug-likeness (QED) is 0.776. The van der Waals surface area contributed by atoms with Crippen LogP contribution in [0.3, 0.4) is 0 Å². The summed E-state index contributed by atoms with van der Waals surface area (Å²) in [6.07, 6.45) is 1.96. The van der Waals surface area contributed by atoms with Crippen LogP contribution < -0.4 is 16.0 Å². The van der Waals surface area contributed by atoms with E-state index in [2.05, 4.69) is 9.71 Å². The molecule has 1 saturated carbocycles. The third-order valence-electron chi connectivity index (χ3n) is 3.91. The molecule has 7 nitrogen and oxygen atoms in total. The topological polar surface area (TPSA) is 101 Å². The van der Waals surface area contributed by atoms with E-state index in [0.717, 1.165) is 5.56 Å². The van der Waals surface area contributed by atoms with E-state index in [9.17, 15) is 18.0 Å². The summed E-state index contributed by atoms with van der Waals surface area (Å²) in [5.41, 5.74) is 0.000486. The Kier molecular flexibility index (Phi) is 4.18. The van der Waals surface area contributed by atoms with Gasteiger partial charge in [-0.3, -0.25) is 14.3 Å². The Morgan fingerprint density at radius 1 is 1.17 bits per heavy atom. The molecule has 0 bridgehead atoms. The van der Waals surface area contributed by atoms with Crippen LogP contribution in [0.5, 0.6) is 0 Å². The van der Waals surface area contributed by atoms with Crippen LogP contribution in [0.25, 0.3) is 0 Å². The SMILES string of the molecule is O=c1ccn(CCNS(=O)(=O)[C@@H]2C[C@H]2c2ccccc2)c(=O)[nH]1. The zero-order valence-electron chi connectivity index (χ0n) is 12.3. The molecule has 1 fully saturated rings. The van der Waals surface area contributed by atoms with Crippen LogP contribution in [0, 0.1) is 0 Å². The minimum atomic E-state index is -3.41. The molecule has 0 unspecified atom stereocenters. The molecule has 8 heteroatoms. The number of rotatable bonds is 6. The lowest BCUT2D eigenvalue weighted by molar-refractivity contribution is 0.565. The number of benzene rings is 1. The molecule has 122 valence electrons. The summed E-state index contributed by atoms with van der Waals surface area (Å²) in [6.45, 7) is 0.268. The standard InChI is InChI=1S/C15H17N3O4S/c19-14-6-8-18(15(20)17-14)9-7-16-23(21,22)13-10-12(13)11-4-2-1-3-5-11/h1-6,8,12-13,16H,7,9-10H2,(H,17,19,20)/t12-,13+/m0/s1. The molecule has 3 rings (SSSR count). The van der Waals surface area contributed by atoms with Crippen LogP contribution in [0.4, 0.5) is 0 Å². The van der Waals surface area contributed by atoms with Gasteiger partial charge in [-0.1, -0.05) is 30.3 Å². The maximum absolute atomic E-state index is 12.2. The molecule has 1 aromatic carbocycles. The van der Waals surface area contributed by atoms with E-state index in [1.54, 1.807) is 0 Å². The molecule has 2 aromatic rings. The van der Waals surface area contributed by atoms with Crippen molar-refractivity contribution in [3.8, 4) is 0 Å². The molecular formula is C15H17N3O4S. The van der Waals surface area contributed by atoms with Crippen molar-refractivity contribution in [1.82, 2.24) is 14.3 Å². The molecular weight excluding hydrogens is 318 g/mol. The van der Waals surface area contributed by atoms with Gasteiger partial charge in [0.25, 0.3) is 5.56 Å². The summed E-state index contributed by atoms with van der Waals surface area (Å²) in [5.74, 6) is 0.0319. The second-order valence-electron chi connectivity index (χ2n) is 5.53. The fourth-order valence-corrected chi connectivity index (χ4v) is 4.24. The van der Waals surface area contributed by atoms with E-state index in [0.29, 0.717) is 6.42 Å². The normalized spacial score (nSPS) is 20.3. The number of hydrogen-bond acceptors (Lipinski definition) is 4. The van der Waals surface area contributed by atoms with Gasteiger partial charge in [0.15, 0.2) is 0 Å². The highest BCUT2D eigenvalue weighted by Gasteiger charge is 2.47. The van der Waals surface area contributed by atoms with Gasteiger partial charge in [-0.25, -0.2) is 17.9 Å². The Bertz CT molecular complexity index is 902. The molecule has 0 saturated heterocycles. The lowest BCUT2D eigenvalue weighted by Gasteiger charge is -2.08. The average Bonchev–Trinajstić information content (AvgIpc) is 3.32. The van der Waals surface area contributed by atoms with E-state index in [4.69, 9.17) is 0 Å². The van der Waals surface area contributed by atoms with E-state index >= 15 is 0 Å². The van der Waals surface area contributed by atoms with Gasteiger partial charge in [0.05, 0.1) is 5.25 Å². The highest BCUT2D eigenvalue weighted by atomic mass is 32.2.